The number of nitro benzene ring substituents is 1. The van der Waals surface area contributed by atoms with Crippen molar-refractivity contribution in [2.24, 2.45) is 0 Å². The van der Waals surface area contributed by atoms with Gasteiger partial charge in [-0.3, -0.25) is 10.1 Å². The number of hydrogen-bond acceptors (Lipinski definition) is 5. The van der Waals surface area contributed by atoms with E-state index in [1.165, 1.54) is 18.2 Å². The number of methoxy groups -OCH3 is 1. The minimum atomic E-state index is -0.500. The monoisotopic (exact) mass is 255 g/mol. The lowest BCUT2D eigenvalue weighted by Gasteiger charge is -2.14. The molecule has 0 bridgehead atoms. The van der Waals surface area contributed by atoms with Gasteiger partial charge in [0.15, 0.2) is 5.75 Å². The topological polar surface area (TPSA) is 81.8 Å². The molecule has 0 radical (unpaired) electrons. The molecule has 0 amide bonds. The minimum Gasteiger partial charge on any atom is -0.484 e. The molecule has 1 unspecified atom stereocenters. The maximum Gasteiger partial charge on any atom is 0.310 e. The fourth-order valence-electron chi connectivity index (χ4n) is 1.46. The van der Waals surface area contributed by atoms with Gasteiger partial charge in [-0.25, -0.2) is 0 Å². The van der Waals surface area contributed by atoms with Crippen LogP contribution in [0.15, 0.2) is 18.2 Å². The van der Waals surface area contributed by atoms with Gasteiger partial charge < -0.3 is 14.6 Å². The van der Waals surface area contributed by atoms with Crippen LogP contribution in [-0.4, -0.2) is 29.9 Å². The first-order chi connectivity index (χ1) is 8.58. The summed E-state index contributed by atoms with van der Waals surface area (Å²) >= 11 is 0. The molecule has 0 aliphatic heterocycles. The largest absolute Gasteiger partial charge is 0.484 e. The van der Waals surface area contributed by atoms with E-state index in [-0.39, 0.29) is 24.1 Å². The summed E-state index contributed by atoms with van der Waals surface area (Å²) in [5, 5.41) is 19.9. The van der Waals surface area contributed by atoms with E-state index in [1.807, 2.05) is 6.92 Å². The van der Waals surface area contributed by atoms with E-state index < -0.39 is 4.92 Å². The van der Waals surface area contributed by atoms with Gasteiger partial charge in [-0.15, -0.1) is 0 Å². The quantitative estimate of drug-likeness (QED) is 0.594. The number of nitrogens with zero attached hydrogens (tertiary/aromatic N) is 1. The molecule has 18 heavy (non-hydrogen) atoms. The Hall–Kier alpha value is -1.66. The third-order valence-corrected chi connectivity index (χ3v) is 2.46. The summed E-state index contributed by atoms with van der Waals surface area (Å²) in [5.74, 6) is 0.176. The Balaban J connectivity index is 2.86. The zero-order valence-corrected chi connectivity index (χ0v) is 10.5. The van der Waals surface area contributed by atoms with Gasteiger partial charge in [-0.1, -0.05) is 0 Å². The van der Waals surface area contributed by atoms with Crippen LogP contribution < -0.4 is 4.74 Å². The van der Waals surface area contributed by atoms with Gasteiger partial charge >= 0.3 is 5.69 Å². The molecule has 0 aliphatic carbocycles. The van der Waals surface area contributed by atoms with Gasteiger partial charge in [0.1, 0.15) is 0 Å². The van der Waals surface area contributed by atoms with Gasteiger partial charge in [0.2, 0.25) is 0 Å². The van der Waals surface area contributed by atoms with Crippen LogP contribution in [0.1, 0.15) is 18.9 Å². The summed E-state index contributed by atoms with van der Waals surface area (Å²) in [7, 11) is 1.58. The van der Waals surface area contributed by atoms with E-state index in [0.717, 1.165) is 0 Å². The Bertz CT molecular complexity index is 407. The summed E-state index contributed by atoms with van der Waals surface area (Å²) in [6, 6.07) is 4.33. The molecule has 1 N–H and O–H groups in total. The highest BCUT2D eigenvalue weighted by Crippen LogP contribution is 2.29. The average molecular weight is 255 g/mol. The van der Waals surface area contributed by atoms with E-state index >= 15 is 0 Å². The molecule has 6 nitrogen and oxygen atoms in total. The molecule has 0 saturated heterocycles. The summed E-state index contributed by atoms with van der Waals surface area (Å²) in [5.41, 5.74) is 0.478. The van der Waals surface area contributed by atoms with Gasteiger partial charge in [0.25, 0.3) is 0 Å². The standard InChI is InChI=1S/C12H17NO5/c1-9(5-6-17-2)18-12-7-10(8-14)3-4-11(12)13(15)16/h3-4,7,9,14H,5-6,8H2,1-2H3. The first kappa shape index (κ1) is 14.4. The van der Waals surface area contributed by atoms with E-state index in [4.69, 9.17) is 14.6 Å². The number of rotatable bonds is 7. The molecule has 0 heterocycles. The minimum absolute atomic E-state index is 0.100. The molecule has 0 fully saturated rings. The van der Waals surface area contributed by atoms with Crippen molar-refractivity contribution in [3.05, 3.63) is 33.9 Å². The second-order valence-electron chi connectivity index (χ2n) is 3.93. The van der Waals surface area contributed by atoms with Gasteiger partial charge in [-0.2, -0.15) is 0 Å². The number of nitro groups is 1. The predicted molar refractivity (Wildman–Crippen MR) is 65.6 cm³/mol. The van der Waals surface area contributed by atoms with Gasteiger partial charge in [0, 0.05) is 26.2 Å². The molecule has 1 rings (SSSR count). The van der Waals surface area contributed by atoms with Crippen LogP contribution in [0.2, 0.25) is 0 Å². The van der Waals surface area contributed by atoms with E-state index in [2.05, 4.69) is 0 Å². The van der Waals surface area contributed by atoms with Crippen molar-refractivity contribution in [1.29, 1.82) is 0 Å². The van der Waals surface area contributed by atoms with Crippen molar-refractivity contribution in [2.45, 2.75) is 26.1 Å². The zero-order chi connectivity index (χ0) is 13.5. The molecule has 0 aliphatic rings. The Labute approximate surface area is 105 Å². The molecule has 1 aromatic carbocycles. The lowest BCUT2D eigenvalue weighted by molar-refractivity contribution is -0.386. The Morgan fingerprint density at radius 1 is 1.50 bits per heavy atom. The predicted octanol–water partition coefficient (Wildman–Crippen LogP) is 1.89. The lowest BCUT2D eigenvalue weighted by atomic mass is 10.2. The van der Waals surface area contributed by atoms with Crippen LogP contribution in [0.3, 0.4) is 0 Å². The van der Waals surface area contributed by atoms with E-state index in [0.29, 0.717) is 18.6 Å². The highest BCUT2D eigenvalue weighted by Gasteiger charge is 2.17. The lowest BCUT2D eigenvalue weighted by Crippen LogP contribution is -2.15. The van der Waals surface area contributed by atoms with E-state index in [1.54, 1.807) is 7.11 Å². The van der Waals surface area contributed by atoms with Crippen molar-refractivity contribution < 1.29 is 19.5 Å². The van der Waals surface area contributed by atoms with E-state index in [9.17, 15) is 10.1 Å². The van der Waals surface area contributed by atoms with Crippen molar-refractivity contribution in [2.75, 3.05) is 13.7 Å². The Kier molecular flexibility index (Phi) is 5.54. The van der Waals surface area contributed by atoms with Crippen molar-refractivity contribution in [3.63, 3.8) is 0 Å². The molecule has 1 atom stereocenters. The highest BCUT2D eigenvalue weighted by atomic mass is 16.6. The van der Waals surface area contributed by atoms with Crippen LogP contribution in [-0.2, 0) is 11.3 Å². The first-order valence-electron chi connectivity index (χ1n) is 5.62. The Morgan fingerprint density at radius 3 is 2.78 bits per heavy atom. The zero-order valence-electron chi connectivity index (χ0n) is 10.5. The first-order valence-corrected chi connectivity index (χ1v) is 5.62. The molecular formula is C12H17NO5. The Morgan fingerprint density at radius 2 is 2.22 bits per heavy atom. The van der Waals surface area contributed by atoms with Gasteiger partial charge in [-0.05, 0) is 24.6 Å². The van der Waals surface area contributed by atoms with Crippen LogP contribution in [0.4, 0.5) is 5.69 Å². The number of ether oxygens (including phenoxy) is 2. The van der Waals surface area contributed by atoms with Crippen LogP contribution >= 0.6 is 0 Å². The molecular weight excluding hydrogens is 238 g/mol. The molecule has 0 saturated carbocycles. The summed E-state index contributed by atoms with van der Waals surface area (Å²) in [4.78, 5) is 10.4. The third kappa shape index (κ3) is 3.97. The fraction of sp³-hybridized carbons (Fsp3) is 0.500. The smallest absolute Gasteiger partial charge is 0.310 e. The SMILES string of the molecule is COCCC(C)Oc1cc(CO)ccc1[N+](=O)[O-]. The molecule has 1 aromatic rings. The normalized spacial score (nSPS) is 12.2. The summed E-state index contributed by atoms with van der Waals surface area (Å²) in [6.45, 7) is 2.16. The summed E-state index contributed by atoms with van der Waals surface area (Å²) < 4.78 is 10.4. The number of aliphatic hydroxyl groups is 1. The maximum atomic E-state index is 10.9. The maximum absolute atomic E-state index is 10.9. The van der Waals surface area contributed by atoms with Crippen LogP contribution in [0.25, 0.3) is 0 Å². The average Bonchev–Trinajstić information content (AvgIpc) is 2.35. The van der Waals surface area contributed by atoms with Crippen LogP contribution in [0.5, 0.6) is 5.75 Å². The fourth-order valence-corrected chi connectivity index (χ4v) is 1.46. The number of aliphatic hydroxyl groups excluding tert-OH is 1. The highest BCUT2D eigenvalue weighted by molar-refractivity contribution is 5.48. The molecule has 0 spiro atoms. The molecule has 6 heteroatoms. The van der Waals surface area contributed by atoms with Crippen LogP contribution in [0, 0.1) is 10.1 Å². The third-order valence-electron chi connectivity index (χ3n) is 2.46. The second kappa shape index (κ2) is 6.93. The second-order valence-corrected chi connectivity index (χ2v) is 3.93. The number of hydrogen-bond donors (Lipinski definition) is 1. The molecule has 100 valence electrons. The summed E-state index contributed by atoms with van der Waals surface area (Å²) in [6.07, 6.45) is 0.439. The number of benzene rings is 1. The van der Waals surface area contributed by atoms with Crippen molar-refractivity contribution in [1.82, 2.24) is 0 Å². The van der Waals surface area contributed by atoms with Crippen molar-refractivity contribution in [3.8, 4) is 5.75 Å². The van der Waals surface area contributed by atoms with Crippen molar-refractivity contribution >= 4 is 5.69 Å². The van der Waals surface area contributed by atoms with Gasteiger partial charge in [0.05, 0.1) is 17.6 Å². The molecule has 0 aromatic heterocycles.